The molecule has 3 rings (SSSR count). The fourth-order valence-electron chi connectivity index (χ4n) is 3.46. The van der Waals surface area contributed by atoms with Gasteiger partial charge < -0.3 is 9.47 Å². The van der Waals surface area contributed by atoms with Gasteiger partial charge in [-0.05, 0) is 73.4 Å². The normalized spacial score (nSPS) is 19.7. The van der Waals surface area contributed by atoms with E-state index in [-0.39, 0.29) is 16.9 Å². The van der Waals surface area contributed by atoms with E-state index in [1.54, 1.807) is 42.5 Å². The molecule has 0 spiro atoms. The van der Waals surface area contributed by atoms with E-state index in [2.05, 4.69) is 37.8 Å². The van der Waals surface area contributed by atoms with Gasteiger partial charge in [-0.1, -0.05) is 50.3 Å². The first-order chi connectivity index (χ1) is 15.0. The van der Waals surface area contributed by atoms with Gasteiger partial charge in [-0.2, -0.15) is 13.2 Å². The molecule has 1 aliphatic rings. The van der Waals surface area contributed by atoms with Crippen molar-refractivity contribution in [3.8, 4) is 23.3 Å². The number of carbonyl (C=O) groups excluding carboxylic acids is 1. The van der Waals surface area contributed by atoms with Gasteiger partial charge in [0.25, 0.3) is 0 Å². The average molecular weight is 572 g/mol. The van der Waals surface area contributed by atoms with E-state index in [1.807, 2.05) is 26.0 Å². The van der Waals surface area contributed by atoms with E-state index in [1.165, 1.54) is 12.0 Å². The average Bonchev–Trinajstić information content (AvgIpc) is 3.24. The number of rotatable bonds is 6. The van der Waals surface area contributed by atoms with Crippen LogP contribution in [0, 0.1) is 29.1 Å². The summed E-state index contributed by atoms with van der Waals surface area (Å²) in [5, 5.41) is 0. The van der Waals surface area contributed by atoms with Crippen LogP contribution in [0.25, 0.3) is 0 Å². The van der Waals surface area contributed by atoms with Crippen LogP contribution in [0.1, 0.15) is 25.5 Å². The van der Waals surface area contributed by atoms with Crippen molar-refractivity contribution < 1.29 is 27.4 Å². The largest absolute Gasteiger partial charge is 0.457 e. The second-order valence-corrected chi connectivity index (χ2v) is 10.6. The summed E-state index contributed by atoms with van der Waals surface area (Å²) in [4.78, 5) is 12.8. The van der Waals surface area contributed by atoms with Gasteiger partial charge >= 0.3 is 12.1 Å². The molecule has 0 heterocycles. The van der Waals surface area contributed by atoms with Gasteiger partial charge in [0.1, 0.15) is 11.5 Å². The van der Waals surface area contributed by atoms with Crippen molar-refractivity contribution in [1.82, 2.24) is 0 Å². The number of hydrogen-bond donors (Lipinski definition) is 0. The monoisotopic (exact) mass is 570 g/mol. The molecule has 32 heavy (non-hydrogen) atoms. The molecule has 1 saturated carbocycles. The summed E-state index contributed by atoms with van der Waals surface area (Å²) >= 11 is 6.55. The Balaban J connectivity index is 1.85. The Hall–Kier alpha value is -2.24. The molecule has 0 unspecified atom stereocenters. The Morgan fingerprint density at radius 3 is 2.38 bits per heavy atom. The highest BCUT2D eigenvalue weighted by atomic mass is 79.9. The molecule has 168 valence electrons. The van der Waals surface area contributed by atoms with Crippen LogP contribution in [0.3, 0.4) is 0 Å². The molecule has 0 aromatic heterocycles. The minimum atomic E-state index is -4.71. The van der Waals surface area contributed by atoms with Gasteiger partial charge in [0.15, 0.2) is 6.10 Å². The molecule has 3 atom stereocenters. The Bertz CT molecular complexity index is 1070. The zero-order valence-electron chi connectivity index (χ0n) is 17.1. The first-order valence-corrected chi connectivity index (χ1v) is 11.2. The summed E-state index contributed by atoms with van der Waals surface area (Å²) in [5.41, 5.74) is -0.0970. The van der Waals surface area contributed by atoms with E-state index in [9.17, 15) is 18.0 Å². The van der Waals surface area contributed by atoms with Gasteiger partial charge in [0.2, 0.25) is 0 Å². The molecule has 3 nitrogen and oxygen atoms in total. The van der Waals surface area contributed by atoms with E-state index in [4.69, 9.17) is 9.47 Å². The predicted molar refractivity (Wildman–Crippen MR) is 122 cm³/mol. The SMILES string of the molecule is CC1(C)[C@H](C(=O)O[C@H](C#CC(F)(F)F)c2cccc(Oc3ccccc3)c2)[C@@H]1C=C(Br)Br. The van der Waals surface area contributed by atoms with Crippen LogP contribution < -0.4 is 4.74 Å². The highest BCUT2D eigenvalue weighted by Crippen LogP contribution is 2.60. The van der Waals surface area contributed by atoms with E-state index >= 15 is 0 Å². The number of benzene rings is 2. The van der Waals surface area contributed by atoms with Gasteiger partial charge in [-0.15, -0.1) is 0 Å². The lowest BCUT2D eigenvalue weighted by Crippen LogP contribution is -2.15. The number of allylic oxidation sites excluding steroid dienone is 1. The standard InChI is InChI=1S/C24H19Br2F3O3/c1-23(2)18(14-20(25)26)21(23)22(30)32-19(11-12-24(27,28)29)15-7-6-10-17(13-15)31-16-8-4-3-5-9-16/h3-10,13-14,18-19,21H,1-2H3/t18-,19+,21-/m0/s1. The lowest BCUT2D eigenvalue weighted by molar-refractivity contribution is -0.149. The Labute approximate surface area is 201 Å². The van der Waals surface area contributed by atoms with Gasteiger partial charge in [0, 0.05) is 11.5 Å². The predicted octanol–water partition coefficient (Wildman–Crippen LogP) is 7.53. The van der Waals surface area contributed by atoms with Crippen LogP contribution in [-0.4, -0.2) is 12.1 Å². The van der Waals surface area contributed by atoms with Crippen LogP contribution in [0.4, 0.5) is 13.2 Å². The first kappa shape index (κ1) is 24.4. The highest BCUT2D eigenvalue weighted by molar-refractivity contribution is 9.28. The summed E-state index contributed by atoms with van der Waals surface area (Å²) in [6.45, 7) is 3.79. The maximum atomic E-state index is 12.8. The molecule has 0 amide bonds. The van der Waals surface area contributed by atoms with Crippen molar-refractivity contribution in [3.05, 3.63) is 69.6 Å². The van der Waals surface area contributed by atoms with E-state index in [0.29, 0.717) is 14.9 Å². The minimum Gasteiger partial charge on any atom is -0.457 e. The number of esters is 1. The van der Waals surface area contributed by atoms with Crippen molar-refractivity contribution in [2.24, 2.45) is 17.3 Å². The molecule has 1 fully saturated rings. The Morgan fingerprint density at radius 2 is 1.75 bits per heavy atom. The number of hydrogen-bond acceptors (Lipinski definition) is 3. The minimum absolute atomic E-state index is 0.118. The highest BCUT2D eigenvalue weighted by Gasteiger charge is 2.61. The molecular formula is C24H19Br2F3O3. The number of halogens is 5. The smallest absolute Gasteiger partial charge is 0.457 e. The molecule has 0 saturated heterocycles. The molecule has 0 aliphatic heterocycles. The summed E-state index contributed by atoms with van der Waals surface area (Å²) in [6, 6.07) is 15.3. The Morgan fingerprint density at radius 1 is 1.09 bits per heavy atom. The number of ether oxygens (including phenoxy) is 2. The van der Waals surface area contributed by atoms with Crippen LogP contribution >= 0.6 is 31.9 Å². The van der Waals surface area contributed by atoms with Crippen molar-refractivity contribution in [2.45, 2.75) is 26.1 Å². The number of alkyl halides is 3. The number of para-hydroxylation sites is 1. The summed E-state index contributed by atoms with van der Waals surface area (Å²) in [6.07, 6.45) is -4.28. The molecule has 2 aromatic rings. The molecule has 0 radical (unpaired) electrons. The summed E-state index contributed by atoms with van der Waals surface area (Å²) in [7, 11) is 0. The van der Waals surface area contributed by atoms with Crippen molar-refractivity contribution in [2.75, 3.05) is 0 Å². The fraction of sp³-hybridized carbons (Fsp3) is 0.292. The Kier molecular flexibility index (Phi) is 7.41. The zero-order chi connectivity index (χ0) is 23.5. The molecule has 8 heteroatoms. The van der Waals surface area contributed by atoms with Crippen LogP contribution in [0.15, 0.2) is 64.1 Å². The molecule has 1 aliphatic carbocycles. The third-order valence-electron chi connectivity index (χ3n) is 5.19. The van der Waals surface area contributed by atoms with Crippen molar-refractivity contribution in [3.63, 3.8) is 0 Å². The molecule has 2 aromatic carbocycles. The molecule has 0 bridgehead atoms. The summed E-state index contributed by atoms with van der Waals surface area (Å²) < 4.78 is 50.3. The van der Waals surface area contributed by atoms with E-state index in [0.717, 1.165) is 0 Å². The van der Waals surface area contributed by atoms with Gasteiger partial charge in [0.05, 0.1) is 9.31 Å². The first-order valence-electron chi connectivity index (χ1n) is 9.63. The lowest BCUT2D eigenvalue weighted by atomic mass is 10.1. The topological polar surface area (TPSA) is 35.5 Å². The maximum Gasteiger partial charge on any atom is 0.457 e. The third kappa shape index (κ3) is 6.39. The second-order valence-electron chi connectivity index (χ2n) is 7.85. The zero-order valence-corrected chi connectivity index (χ0v) is 20.3. The van der Waals surface area contributed by atoms with Crippen LogP contribution in [-0.2, 0) is 9.53 Å². The number of carbonyl (C=O) groups is 1. The van der Waals surface area contributed by atoms with Crippen molar-refractivity contribution in [1.29, 1.82) is 0 Å². The van der Waals surface area contributed by atoms with Gasteiger partial charge in [-0.3, -0.25) is 4.79 Å². The molecular weight excluding hydrogens is 553 g/mol. The van der Waals surface area contributed by atoms with Crippen LogP contribution in [0.2, 0.25) is 0 Å². The lowest BCUT2D eigenvalue weighted by Gasteiger charge is -2.15. The van der Waals surface area contributed by atoms with Crippen LogP contribution in [0.5, 0.6) is 11.5 Å². The second kappa shape index (κ2) is 9.72. The fourth-order valence-corrected chi connectivity index (χ4v) is 4.03. The van der Waals surface area contributed by atoms with E-state index < -0.39 is 24.2 Å². The summed E-state index contributed by atoms with van der Waals surface area (Å²) in [5.74, 6) is 3.02. The quantitative estimate of drug-likeness (QED) is 0.265. The van der Waals surface area contributed by atoms with Crippen molar-refractivity contribution >= 4 is 37.8 Å². The van der Waals surface area contributed by atoms with Gasteiger partial charge in [-0.25, -0.2) is 0 Å². The third-order valence-corrected chi connectivity index (χ3v) is 5.72. The maximum absolute atomic E-state index is 12.8. The molecule has 0 N–H and O–H groups in total.